The molecule has 0 bridgehead atoms. The molecule has 0 amide bonds. The van der Waals surface area contributed by atoms with Crippen LogP contribution in [-0.4, -0.2) is 37.3 Å². The Labute approximate surface area is 198 Å². The van der Waals surface area contributed by atoms with Crippen LogP contribution in [0.15, 0.2) is 73.1 Å². The lowest BCUT2D eigenvalue weighted by atomic mass is 9.92. The fraction of sp³-hybridized carbons (Fsp3) is 0.200. The Morgan fingerprint density at radius 2 is 1.60 bits per heavy atom. The van der Waals surface area contributed by atoms with Crippen molar-refractivity contribution in [3.63, 3.8) is 0 Å². The lowest BCUT2D eigenvalue weighted by molar-refractivity contribution is -0.151. The van der Waals surface area contributed by atoms with Crippen LogP contribution in [0, 0.1) is 6.92 Å². The van der Waals surface area contributed by atoms with E-state index in [1.54, 1.807) is 60.7 Å². The number of carbonyl (C=O) groups excluding carboxylic acids is 2. The first-order chi connectivity index (χ1) is 16.7. The van der Waals surface area contributed by atoms with Gasteiger partial charge in [-0.1, -0.05) is 36.4 Å². The number of para-hydroxylation sites is 2. The molecule has 2 aromatic carbocycles. The van der Waals surface area contributed by atoms with E-state index in [9.17, 15) is 22.8 Å². The Bertz CT molecular complexity index is 1350. The zero-order chi connectivity index (χ0) is 25.2. The Hall–Kier alpha value is -4.21. The van der Waals surface area contributed by atoms with Gasteiger partial charge in [-0.05, 0) is 31.2 Å². The predicted octanol–water partition coefficient (Wildman–Crippen LogP) is 5.21. The van der Waals surface area contributed by atoms with Gasteiger partial charge in [0.15, 0.2) is 11.6 Å². The highest BCUT2D eigenvalue weighted by molar-refractivity contribution is 5.94. The van der Waals surface area contributed by atoms with Gasteiger partial charge in [-0.25, -0.2) is 9.67 Å². The lowest BCUT2D eigenvalue weighted by Crippen LogP contribution is -2.26. The van der Waals surface area contributed by atoms with Gasteiger partial charge in [0.25, 0.3) is 0 Å². The predicted molar refractivity (Wildman–Crippen MR) is 121 cm³/mol. The second kappa shape index (κ2) is 9.57. The number of alkyl halides is 3. The van der Waals surface area contributed by atoms with Gasteiger partial charge in [0.2, 0.25) is 5.88 Å². The summed E-state index contributed by atoms with van der Waals surface area (Å²) in [4.78, 5) is 29.0. The highest BCUT2D eigenvalue weighted by atomic mass is 19.4. The summed E-state index contributed by atoms with van der Waals surface area (Å²) in [5.74, 6) is -4.41. The second-order valence-corrected chi connectivity index (χ2v) is 7.82. The van der Waals surface area contributed by atoms with Crippen molar-refractivity contribution in [2.45, 2.75) is 32.4 Å². The van der Waals surface area contributed by atoms with E-state index in [-0.39, 0.29) is 23.0 Å². The van der Waals surface area contributed by atoms with E-state index in [1.165, 1.54) is 23.9 Å². The van der Waals surface area contributed by atoms with Gasteiger partial charge in [-0.15, -0.1) is 0 Å². The molecule has 2 heterocycles. The first-order valence-electron chi connectivity index (χ1n) is 10.7. The molecule has 0 unspecified atom stereocenters. The smallest absolute Gasteiger partial charge is 0.396 e. The Kier molecular flexibility index (Phi) is 6.54. The maximum atomic E-state index is 14.4. The number of halogens is 3. The SMILES string of the molecule is CC(=O)Oc1c([C@H](CC(=O)c2nccn2-c2ccccc2)C(F)(F)F)c(C)nn1-c1ccccc1. The molecule has 7 nitrogen and oxygen atoms in total. The standard InChI is InChI=1S/C25H21F3N4O3/c1-16-22(24(35-17(2)33)32(30-16)19-11-7-4-8-12-19)20(25(26,27)28)15-21(34)23-29-13-14-31(23)18-9-5-3-6-10-18/h3-14,20H,15H2,1-2H3/t20-/m0/s1. The molecule has 0 aliphatic carbocycles. The minimum Gasteiger partial charge on any atom is -0.407 e. The van der Waals surface area contributed by atoms with Crippen LogP contribution in [0.5, 0.6) is 5.88 Å². The molecule has 10 heteroatoms. The van der Waals surface area contributed by atoms with E-state index in [0.29, 0.717) is 11.4 Å². The summed E-state index contributed by atoms with van der Waals surface area (Å²) >= 11 is 0. The number of ketones is 1. The molecular weight excluding hydrogens is 461 g/mol. The average molecular weight is 482 g/mol. The van der Waals surface area contributed by atoms with E-state index in [0.717, 1.165) is 11.6 Å². The zero-order valence-corrected chi connectivity index (χ0v) is 18.9. The van der Waals surface area contributed by atoms with Gasteiger partial charge < -0.3 is 4.74 Å². The van der Waals surface area contributed by atoms with Gasteiger partial charge >= 0.3 is 12.1 Å². The largest absolute Gasteiger partial charge is 0.407 e. The quantitative estimate of drug-likeness (QED) is 0.267. The fourth-order valence-corrected chi connectivity index (χ4v) is 3.86. The van der Waals surface area contributed by atoms with Crippen molar-refractivity contribution in [1.29, 1.82) is 0 Å². The summed E-state index contributed by atoms with van der Waals surface area (Å²) in [7, 11) is 0. The Morgan fingerprint density at radius 3 is 2.17 bits per heavy atom. The van der Waals surface area contributed by atoms with Crippen LogP contribution in [0.4, 0.5) is 13.2 Å². The number of esters is 1. The first kappa shape index (κ1) is 23.9. The van der Waals surface area contributed by atoms with Crippen molar-refractivity contribution in [3.05, 3.63) is 90.1 Å². The topological polar surface area (TPSA) is 79.0 Å². The van der Waals surface area contributed by atoms with Crippen LogP contribution in [0.25, 0.3) is 11.4 Å². The molecule has 0 spiro atoms. The molecule has 0 saturated carbocycles. The molecule has 2 aromatic heterocycles. The molecule has 0 aliphatic heterocycles. The van der Waals surface area contributed by atoms with Crippen LogP contribution in [0.1, 0.15) is 41.1 Å². The molecule has 0 fully saturated rings. The summed E-state index contributed by atoms with van der Waals surface area (Å²) in [5.41, 5.74) is 0.616. The second-order valence-electron chi connectivity index (χ2n) is 7.82. The summed E-state index contributed by atoms with van der Waals surface area (Å²) < 4.78 is 50.9. The normalized spacial score (nSPS) is 12.4. The summed E-state index contributed by atoms with van der Waals surface area (Å²) in [6, 6.07) is 17.0. The number of hydrogen-bond acceptors (Lipinski definition) is 5. The molecular formula is C25H21F3N4O3. The Balaban J connectivity index is 1.78. The van der Waals surface area contributed by atoms with Crippen LogP contribution >= 0.6 is 0 Å². The third-order valence-electron chi connectivity index (χ3n) is 5.36. The van der Waals surface area contributed by atoms with E-state index < -0.39 is 30.3 Å². The number of rotatable bonds is 7. The summed E-state index contributed by atoms with van der Waals surface area (Å²) in [6.07, 6.45) is -2.91. The van der Waals surface area contributed by atoms with Crippen LogP contribution in [-0.2, 0) is 4.79 Å². The van der Waals surface area contributed by atoms with Crippen molar-refractivity contribution < 1.29 is 27.5 Å². The third kappa shape index (κ3) is 5.01. The zero-order valence-electron chi connectivity index (χ0n) is 18.9. The number of aryl methyl sites for hydroxylation is 1. The van der Waals surface area contributed by atoms with E-state index in [2.05, 4.69) is 10.1 Å². The van der Waals surface area contributed by atoms with Gasteiger partial charge in [0.1, 0.15) is 0 Å². The molecule has 0 radical (unpaired) electrons. The molecule has 35 heavy (non-hydrogen) atoms. The van der Waals surface area contributed by atoms with E-state index in [1.807, 2.05) is 0 Å². The number of aromatic nitrogens is 4. The molecule has 180 valence electrons. The van der Waals surface area contributed by atoms with E-state index in [4.69, 9.17) is 4.74 Å². The number of ether oxygens (including phenoxy) is 1. The first-order valence-corrected chi connectivity index (χ1v) is 10.7. The molecule has 0 saturated heterocycles. The highest BCUT2D eigenvalue weighted by Crippen LogP contribution is 2.44. The third-order valence-corrected chi connectivity index (χ3v) is 5.36. The van der Waals surface area contributed by atoms with Crippen molar-refractivity contribution in [2.75, 3.05) is 0 Å². The lowest BCUT2D eigenvalue weighted by Gasteiger charge is -2.21. The number of hydrogen-bond donors (Lipinski definition) is 0. The maximum Gasteiger partial charge on any atom is 0.396 e. The minimum absolute atomic E-state index is 0.00775. The summed E-state index contributed by atoms with van der Waals surface area (Å²) in [6.45, 7) is 2.47. The number of Topliss-reactive ketones (excluding diaryl/α,β-unsaturated/α-hetero) is 1. The molecule has 1 atom stereocenters. The van der Waals surface area contributed by atoms with Crippen molar-refractivity contribution >= 4 is 11.8 Å². The highest BCUT2D eigenvalue weighted by Gasteiger charge is 2.46. The fourth-order valence-electron chi connectivity index (χ4n) is 3.86. The van der Waals surface area contributed by atoms with Crippen molar-refractivity contribution in [3.8, 4) is 17.3 Å². The monoisotopic (exact) mass is 482 g/mol. The maximum absolute atomic E-state index is 14.4. The van der Waals surface area contributed by atoms with Gasteiger partial charge in [0, 0.05) is 31.4 Å². The molecule has 4 aromatic rings. The Morgan fingerprint density at radius 1 is 1.00 bits per heavy atom. The van der Waals surface area contributed by atoms with Gasteiger partial charge in [-0.2, -0.15) is 18.3 Å². The van der Waals surface area contributed by atoms with Gasteiger partial charge in [0.05, 0.1) is 22.9 Å². The van der Waals surface area contributed by atoms with Crippen LogP contribution < -0.4 is 4.74 Å². The molecule has 4 rings (SSSR count). The van der Waals surface area contributed by atoms with Crippen LogP contribution in [0.3, 0.4) is 0 Å². The van der Waals surface area contributed by atoms with Crippen molar-refractivity contribution in [2.24, 2.45) is 0 Å². The number of imidazole rings is 1. The molecule has 0 aliphatic rings. The van der Waals surface area contributed by atoms with Crippen LogP contribution in [0.2, 0.25) is 0 Å². The number of carbonyl (C=O) groups is 2. The minimum atomic E-state index is -4.83. The summed E-state index contributed by atoms with van der Waals surface area (Å²) in [5, 5.41) is 4.21. The van der Waals surface area contributed by atoms with E-state index >= 15 is 0 Å². The van der Waals surface area contributed by atoms with Gasteiger partial charge in [-0.3, -0.25) is 14.2 Å². The number of nitrogens with zero attached hydrogens (tertiary/aromatic N) is 4. The molecule has 0 N–H and O–H groups in total. The number of benzene rings is 2. The average Bonchev–Trinajstić information content (AvgIpc) is 3.43. The van der Waals surface area contributed by atoms with Crippen molar-refractivity contribution in [1.82, 2.24) is 19.3 Å².